The first-order valence-corrected chi connectivity index (χ1v) is 5.92. The molecule has 0 saturated heterocycles. The number of anilines is 1. The van der Waals surface area contributed by atoms with E-state index in [9.17, 15) is 4.39 Å². The fraction of sp³-hybridized carbons (Fsp3) is 0.200. The van der Waals surface area contributed by atoms with Crippen molar-refractivity contribution in [3.05, 3.63) is 53.3 Å². The van der Waals surface area contributed by atoms with E-state index in [0.717, 1.165) is 5.56 Å². The summed E-state index contributed by atoms with van der Waals surface area (Å²) in [6.07, 6.45) is 0. The molecule has 0 heterocycles. The molecule has 0 unspecified atom stereocenters. The van der Waals surface area contributed by atoms with Crippen LogP contribution in [0.25, 0.3) is 0 Å². The van der Waals surface area contributed by atoms with E-state index in [1.54, 1.807) is 30.3 Å². The topological polar surface area (TPSA) is 44.5 Å². The molecule has 2 aromatic rings. The van der Waals surface area contributed by atoms with Crippen molar-refractivity contribution in [1.82, 2.24) is 0 Å². The van der Waals surface area contributed by atoms with Gasteiger partial charge < -0.3 is 15.2 Å². The van der Waals surface area contributed by atoms with Gasteiger partial charge in [-0.1, -0.05) is 18.2 Å². The van der Waals surface area contributed by atoms with Gasteiger partial charge in [0.15, 0.2) is 11.6 Å². The Balaban J connectivity index is 2.17. The van der Waals surface area contributed by atoms with Gasteiger partial charge in [0.1, 0.15) is 12.4 Å². The van der Waals surface area contributed by atoms with Gasteiger partial charge in [-0.25, -0.2) is 4.39 Å². The Morgan fingerprint density at radius 1 is 1.16 bits per heavy atom. The summed E-state index contributed by atoms with van der Waals surface area (Å²) in [7, 11) is 1.44. The van der Waals surface area contributed by atoms with Gasteiger partial charge in [-0.15, -0.1) is 0 Å². The molecule has 0 aromatic heterocycles. The summed E-state index contributed by atoms with van der Waals surface area (Å²) in [5.74, 6) is 0.471. The van der Waals surface area contributed by atoms with Crippen LogP contribution in [0.1, 0.15) is 11.1 Å². The molecular weight excluding hydrogens is 245 g/mol. The third-order valence-electron chi connectivity index (χ3n) is 2.86. The number of aryl methyl sites for hydroxylation is 1. The van der Waals surface area contributed by atoms with E-state index in [4.69, 9.17) is 15.2 Å². The lowest BCUT2D eigenvalue weighted by Gasteiger charge is -2.11. The molecule has 100 valence electrons. The van der Waals surface area contributed by atoms with Crippen LogP contribution in [0.5, 0.6) is 11.5 Å². The molecule has 2 aromatic carbocycles. The van der Waals surface area contributed by atoms with Crippen molar-refractivity contribution in [3.63, 3.8) is 0 Å². The predicted molar refractivity (Wildman–Crippen MR) is 72.9 cm³/mol. The summed E-state index contributed by atoms with van der Waals surface area (Å²) in [5.41, 5.74) is 7.72. The third-order valence-corrected chi connectivity index (χ3v) is 2.86. The Kier molecular flexibility index (Phi) is 3.90. The molecule has 0 bridgehead atoms. The molecule has 0 aliphatic heterocycles. The fourth-order valence-electron chi connectivity index (χ4n) is 1.75. The Hall–Kier alpha value is -2.23. The Labute approximate surface area is 111 Å². The molecule has 4 heteroatoms. The van der Waals surface area contributed by atoms with Crippen molar-refractivity contribution in [1.29, 1.82) is 0 Å². The van der Waals surface area contributed by atoms with Gasteiger partial charge in [0.05, 0.1) is 7.11 Å². The summed E-state index contributed by atoms with van der Waals surface area (Å²) in [6.45, 7) is 2.05. The van der Waals surface area contributed by atoms with E-state index >= 15 is 0 Å². The maximum absolute atomic E-state index is 13.9. The first-order chi connectivity index (χ1) is 9.11. The number of rotatable bonds is 4. The molecule has 0 radical (unpaired) electrons. The summed E-state index contributed by atoms with van der Waals surface area (Å²) in [4.78, 5) is 0. The predicted octanol–water partition coefficient (Wildman–Crippen LogP) is 3.30. The van der Waals surface area contributed by atoms with Crippen LogP contribution in [0, 0.1) is 12.7 Å². The Morgan fingerprint density at radius 3 is 2.68 bits per heavy atom. The number of benzene rings is 2. The number of methoxy groups -OCH3 is 1. The zero-order chi connectivity index (χ0) is 13.8. The first kappa shape index (κ1) is 13.2. The second-order valence-electron chi connectivity index (χ2n) is 4.25. The highest BCUT2D eigenvalue weighted by Crippen LogP contribution is 2.24. The molecule has 0 atom stereocenters. The van der Waals surface area contributed by atoms with Crippen LogP contribution >= 0.6 is 0 Å². The molecule has 0 aliphatic rings. The van der Waals surface area contributed by atoms with Gasteiger partial charge >= 0.3 is 0 Å². The van der Waals surface area contributed by atoms with Crippen molar-refractivity contribution < 1.29 is 13.9 Å². The second kappa shape index (κ2) is 5.61. The van der Waals surface area contributed by atoms with Crippen molar-refractivity contribution in [2.45, 2.75) is 13.5 Å². The van der Waals surface area contributed by atoms with Gasteiger partial charge in [-0.05, 0) is 24.6 Å². The highest BCUT2D eigenvalue weighted by atomic mass is 19.1. The number of hydrogen-bond donors (Lipinski definition) is 1. The lowest BCUT2D eigenvalue weighted by molar-refractivity contribution is 0.294. The Bertz CT molecular complexity index is 584. The van der Waals surface area contributed by atoms with Gasteiger partial charge in [0.2, 0.25) is 0 Å². The van der Waals surface area contributed by atoms with Gasteiger partial charge in [-0.3, -0.25) is 0 Å². The van der Waals surface area contributed by atoms with E-state index in [0.29, 0.717) is 17.0 Å². The first-order valence-electron chi connectivity index (χ1n) is 5.92. The van der Waals surface area contributed by atoms with Crippen LogP contribution < -0.4 is 15.2 Å². The molecule has 0 amide bonds. The molecule has 2 rings (SSSR count). The number of nitrogen functional groups attached to an aromatic ring is 1. The average molecular weight is 261 g/mol. The number of ether oxygens (including phenoxy) is 2. The summed E-state index contributed by atoms with van der Waals surface area (Å²) >= 11 is 0. The van der Waals surface area contributed by atoms with Gasteiger partial charge in [0, 0.05) is 17.3 Å². The highest BCUT2D eigenvalue weighted by Gasteiger charge is 2.09. The summed E-state index contributed by atoms with van der Waals surface area (Å²) < 4.78 is 24.5. The largest absolute Gasteiger partial charge is 0.494 e. The highest BCUT2D eigenvalue weighted by molar-refractivity contribution is 5.48. The quantitative estimate of drug-likeness (QED) is 0.859. The second-order valence-corrected chi connectivity index (χ2v) is 4.25. The lowest BCUT2D eigenvalue weighted by atomic mass is 10.2. The van der Waals surface area contributed by atoms with Crippen molar-refractivity contribution in [2.24, 2.45) is 0 Å². The molecular formula is C15H16FNO2. The standard InChI is InChI=1S/C15H16FNO2/c1-10-6-7-12(17)8-14(10)19-9-11-4-3-5-13(18-2)15(11)16/h3-8H,9,17H2,1-2H3. The number of hydrogen-bond acceptors (Lipinski definition) is 3. The maximum Gasteiger partial charge on any atom is 0.171 e. The van der Waals surface area contributed by atoms with Crippen LogP contribution in [0.15, 0.2) is 36.4 Å². The fourth-order valence-corrected chi connectivity index (χ4v) is 1.75. The van der Waals surface area contributed by atoms with Crippen LogP contribution in [-0.2, 0) is 6.61 Å². The van der Waals surface area contributed by atoms with Crippen LogP contribution in [-0.4, -0.2) is 7.11 Å². The van der Waals surface area contributed by atoms with Crippen molar-refractivity contribution >= 4 is 5.69 Å². The molecule has 0 saturated carbocycles. The molecule has 0 fully saturated rings. The minimum atomic E-state index is -0.397. The SMILES string of the molecule is COc1cccc(COc2cc(N)ccc2C)c1F. The number of nitrogens with two attached hydrogens (primary N) is 1. The smallest absolute Gasteiger partial charge is 0.171 e. The third kappa shape index (κ3) is 2.96. The van der Waals surface area contributed by atoms with Crippen LogP contribution in [0.2, 0.25) is 0 Å². The van der Waals surface area contributed by atoms with E-state index < -0.39 is 5.82 Å². The monoisotopic (exact) mass is 261 g/mol. The Morgan fingerprint density at radius 2 is 1.95 bits per heavy atom. The van der Waals surface area contributed by atoms with Gasteiger partial charge in [0.25, 0.3) is 0 Å². The lowest BCUT2D eigenvalue weighted by Crippen LogP contribution is -2.01. The minimum Gasteiger partial charge on any atom is -0.494 e. The molecule has 3 nitrogen and oxygen atoms in total. The molecule has 0 aliphatic carbocycles. The molecule has 19 heavy (non-hydrogen) atoms. The van der Waals surface area contributed by atoms with Gasteiger partial charge in [-0.2, -0.15) is 0 Å². The number of halogens is 1. The van der Waals surface area contributed by atoms with E-state index in [1.807, 2.05) is 13.0 Å². The zero-order valence-electron chi connectivity index (χ0n) is 10.9. The maximum atomic E-state index is 13.9. The summed E-state index contributed by atoms with van der Waals surface area (Å²) in [6, 6.07) is 10.4. The van der Waals surface area contributed by atoms with E-state index in [-0.39, 0.29) is 12.4 Å². The molecule has 2 N–H and O–H groups in total. The van der Waals surface area contributed by atoms with Crippen molar-refractivity contribution in [3.8, 4) is 11.5 Å². The van der Waals surface area contributed by atoms with Crippen LogP contribution in [0.3, 0.4) is 0 Å². The van der Waals surface area contributed by atoms with Crippen molar-refractivity contribution in [2.75, 3.05) is 12.8 Å². The normalized spacial score (nSPS) is 10.3. The zero-order valence-corrected chi connectivity index (χ0v) is 10.9. The van der Waals surface area contributed by atoms with E-state index in [1.165, 1.54) is 7.11 Å². The minimum absolute atomic E-state index is 0.132. The van der Waals surface area contributed by atoms with E-state index in [2.05, 4.69) is 0 Å². The molecule has 0 spiro atoms. The average Bonchev–Trinajstić information content (AvgIpc) is 2.41. The summed E-state index contributed by atoms with van der Waals surface area (Å²) in [5, 5.41) is 0. The van der Waals surface area contributed by atoms with Crippen LogP contribution in [0.4, 0.5) is 10.1 Å².